The molecule has 0 aliphatic heterocycles. The zero-order valence-electron chi connectivity index (χ0n) is 15.7. The van der Waals surface area contributed by atoms with Crippen molar-refractivity contribution in [3.05, 3.63) is 77.9 Å². The number of amides is 1. The quantitative estimate of drug-likeness (QED) is 0.564. The molecule has 0 radical (unpaired) electrons. The number of hydrogen-bond donors (Lipinski definition) is 1. The number of anilines is 1. The van der Waals surface area contributed by atoms with E-state index in [1.165, 1.54) is 5.56 Å². The van der Waals surface area contributed by atoms with Gasteiger partial charge >= 0.3 is 0 Å². The van der Waals surface area contributed by atoms with E-state index in [9.17, 15) is 4.79 Å². The highest BCUT2D eigenvalue weighted by Gasteiger charge is 2.10. The van der Waals surface area contributed by atoms with Gasteiger partial charge in [-0.3, -0.25) is 4.79 Å². The zero-order chi connectivity index (χ0) is 19.5. The van der Waals surface area contributed by atoms with Crippen LogP contribution in [-0.4, -0.2) is 27.5 Å². The summed E-state index contributed by atoms with van der Waals surface area (Å²) >= 11 is 0. The second-order valence-electron chi connectivity index (χ2n) is 6.44. The van der Waals surface area contributed by atoms with Crippen molar-refractivity contribution in [3.63, 3.8) is 0 Å². The molecule has 0 atom stereocenters. The van der Waals surface area contributed by atoms with Gasteiger partial charge in [0.2, 0.25) is 0 Å². The van der Waals surface area contributed by atoms with Crippen molar-refractivity contribution in [1.82, 2.24) is 15.0 Å². The Balaban J connectivity index is 1.57. The Kier molecular flexibility index (Phi) is 4.76. The monoisotopic (exact) mass is 372 g/mol. The van der Waals surface area contributed by atoms with E-state index in [0.717, 1.165) is 11.2 Å². The van der Waals surface area contributed by atoms with Crippen molar-refractivity contribution in [3.8, 4) is 11.4 Å². The molecule has 28 heavy (non-hydrogen) atoms. The summed E-state index contributed by atoms with van der Waals surface area (Å²) in [6, 6.07) is 20.6. The molecule has 0 saturated carbocycles. The largest absolute Gasteiger partial charge is 0.494 e. The van der Waals surface area contributed by atoms with Gasteiger partial charge in [0.15, 0.2) is 0 Å². The smallest absolute Gasteiger partial charge is 0.255 e. The lowest BCUT2D eigenvalue weighted by atomic mass is 10.2. The number of aryl methyl sites for hydroxylation is 1. The van der Waals surface area contributed by atoms with Crippen LogP contribution < -0.4 is 10.1 Å². The standard InChI is InChI=1S/C22H20N4O2/c1-3-28-19-6-4-5-16(13-19)22(27)23-17-9-12-20-21(14-17)25-26(24-20)18-10-7-15(2)8-11-18/h4-14H,3H2,1-2H3,(H,23,27). The van der Waals surface area contributed by atoms with Crippen molar-refractivity contribution in [2.75, 3.05) is 11.9 Å². The van der Waals surface area contributed by atoms with Gasteiger partial charge in [-0.05, 0) is 62.4 Å². The number of nitrogens with one attached hydrogen (secondary N) is 1. The molecule has 6 heteroatoms. The second-order valence-corrected chi connectivity index (χ2v) is 6.44. The number of carbonyl (C=O) groups excluding carboxylic acids is 1. The molecule has 1 N–H and O–H groups in total. The van der Waals surface area contributed by atoms with Crippen LogP contribution in [0.1, 0.15) is 22.8 Å². The molecule has 4 aromatic rings. The SMILES string of the molecule is CCOc1cccc(C(=O)Nc2ccc3nn(-c4ccc(C)cc4)nc3c2)c1. The van der Waals surface area contributed by atoms with Crippen LogP contribution in [0.4, 0.5) is 5.69 Å². The number of ether oxygens (including phenoxy) is 1. The lowest BCUT2D eigenvalue weighted by Crippen LogP contribution is -2.11. The fourth-order valence-electron chi connectivity index (χ4n) is 2.88. The van der Waals surface area contributed by atoms with E-state index in [2.05, 4.69) is 15.5 Å². The van der Waals surface area contributed by atoms with Crippen LogP contribution in [-0.2, 0) is 0 Å². The van der Waals surface area contributed by atoms with Crippen molar-refractivity contribution < 1.29 is 9.53 Å². The molecule has 6 nitrogen and oxygen atoms in total. The van der Waals surface area contributed by atoms with Crippen molar-refractivity contribution in [1.29, 1.82) is 0 Å². The first kappa shape index (κ1) is 17.7. The van der Waals surface area contributed by atoms with Gasteiger partial charge in [0, 0.05) is 11.3 Å². The van der Waals surface area contributed by atoms with Gasteiger partial charge in [-0.15, -0.1) is 10.2 Å². The lowest BCUT2D eigenvalue weighted by molar-refractivity contribution is 0.102. The molecule has 0 aliphatic rings. The topological polar surface area (TPSA) is 69.0 Å². The summed E-state index contributed by atoms with van der Waals surface area (Å²) in [7, 11) is 0. The summed E-state index contributed by atoms with van der Waals surface area (Å²) in [4.78, 5) is 14.2. The summed E-state index contributed by atoms with van der Waals surface area (Å²) < 4.78 is 5.46. The van der Waals surface area contributed by atoms with Crippen LogP contribution in [0.15, 0.2) is 66.7 Å². The Bertz CT molecular complexity index is 1130. The molecule has 1 aromatic heterocycles. The first-order valence-corrected chi connectivity index (χ1v) is 9.11. The number of hydrogen-bond acceptors (Lipinski definition) is 4. The molecule has 1 amide bonds. The van der Waals surface area contributed by atoms with E-state index in [1.807, 2.05) is 62.4 Å². The highest BCUT2D eigenvalue weighted by Crippen LogP contribution is 2.19. The van der Waals surface area contributed by atoms with Gasteiger partial charge in [-0.1, -0.05) is 23.8 Å². The van der Waals surface area contributed by atoms with Crippen LogP contribution in [0, 0.1) is 6.92 Å². The summed E-state index contributed by atoms with van der Waals surface area (Å²) in [5, 5.41) is 11.9. The van der Waals surface area contributed by atoms with E-state index in [1.54, 1.807) is 23.0 Å². The predicted octanol–water partition coefficient (Wildman–Crippen LogP) is 4.38. The van der Waals surface area contributed by atoms with E-state index in [-0.39, 0.29) is 5.91 Å². The second kappa shape index (κ2) is 7.52. The Labute approximate surface area is 162 Å². The molecule has 0 bridgehead atoms. The molecule has 0 saturated heterocycles. The van der Waals surface area contributed by atoms with Gasteiger partial charge < -0.3 is 10.1 Å². The molecule has 0 aliphatic carbocycles. The van der Waals surface area contributed by atoms with Gasteiger partial charge in [-0.25, -0.2) is 0 Å². The summed E-state index contributed by atoms with van der Waals surface area (Å²) in [6.45, 7) is 4.50. The molecule has 1 heterocycles. The average Bonchev–Trinajstić information content (AvgIpc) is 3.12. The normalized spacial score (nSPS) is 10.8. The van der Waals surface area contributed by atoms with Crippen molar-refractivity contribution >= 4 is 22.6 Å². The minimum absolute atomic E-state index is 0.202. The minimum atomic E-state index is -0.202. The first-order chi connectivity index (χ1) is 13.6. The molecule has 4 rings (SSSR count). The maximum atomic E-state index is 12.6. The van der Waals surface area contributed by atoms with Crippen LogP contribution in [0.3, 0.4) is 0 Å². The Hall–Kier alpha value is -3.67. The Morgan fingerprint density at radius 1 is 1.00 bits per heavy atom. The molecule has 0 spiro atoms. The van der Waals surface area contributed by atoms with Crippen LogP contribution in [0.5, 0.6) is 5.75 Å². The van der Waals surface area contributed by atoms with Gasteiger partial charge in [0.25, 0.3) is 5.91 Å². The first-order valence-electron chi connectivity index (χ1n) is 9.11. The van der Waals surface area contributed by atoms with Gasteiger partial charge in [0.1, 0.15) is 16.8 Å². The highest BCUT2D eigenvalue weighted by atomic mass is 16.5. The van der Waals surface area contributed by atoms with E-state index < -0.39 is 0 Å². The van der Waals surface area contributed by atoms with Crippen LogP contribution in [0.25, 0.3) is 16.7 Å². The minimum Gasteiger partial charge on any atom is -0.494 e. The van der Waals surface area contributed by atoms with E-state index in [4.69, 9.17) is 4.74 Å². The number of nitrogens with zero attached hydrogens (tertiary/aromatic N) is 3. The average molecular weight is 372 g/mol. The number of rotatable bonds is 5. The highest BCUT2D eigenvalue weighted by molar-refractivity contribution is 6.05. The fraction of sp³-hybridized carbons (Fsp3) is 0.136. The predicted molar refractivity (Wildman–Crippen MR) is 109 cm³/mol. The molecular weight excluding hydrogens is 352 g/mol. The zero-order valence-corrected chi connectivity index (χ0v) is 15.7. The molecule has 140 valence electrons. The lowest BCUT2D eigenvalue weighted by Gasteiger charge is -2.07. The van der Waals surface area contributed by atoms with Crippen LogP contribution >= 0.6 is 0 Å². The summed E-state index contributed by atoms with van der Waals surface area (Å²) in [5.41, 5.74) is 4.74. The number of benzene rings is 3. The van der Waals surface area contributed by atoms with Crippen molar-refractivity contribution in [2.45, 2.75) is 13.8 Å². The fourth-order valence-corrected chi connectivity index (χ4v) is 2.88. The number of fused-ring (bicyclic) bond motifs is 1. The summed E-state index contributed by atoms with van der Waals surface area (Å²) in [5.74, 6) is 0.471. The number of aromatic nitrogens is 3. The maximum Gasteiger partial charge on any atom is 0.255 e. The molecule has 0 unspecified atom stereocenters. The van der Waals surface area contributed by atoms with Crippen molar-refractivity contribution in [2.24, 2.45) is 0 Å². The molecule has 3 aromatic carbocycles. The van der Waals surface area contributed by atoms with Gasteiger partial charge in [0.05, 0.1) is 12.3 Å². The van der Waals surface area contributed by atoms with E-state index in [0.29, 0.717) is 29.1 Å². The Morgan fingerprint density at radius 2 is 1.79 bits per heavy atom. The van der Waals surface area contributed by atoms with E-state index >= 15 is 0 Å². The maximum absolute atomic E-state index is 12.6. The Morgan fingerprint density at radius 3 is 2.57 bits per heavy atom. The third-order valence-corrected chi connectivity index (χ3v) is 4.31. The molecule has 0 fully saturated rings. The summed E-state index contributed by atoms with van der Waals surface area (Å²) in [6.07, 6.45) is 0. The van der Waals surface area contributed by atoms with Crippen LogP contribution in [0.2, 0.25) is 0 Å². The van der Waals surface area contributed by atoms with Gasteiger partial charge in [-0.2, -0.15) is 4.80 Å². The molecular formula is C22H20N4O2. The third-order valence-electron chi connectivity index (χ3n) is 4.31. The third kappa shape index (κ3) is 3.71. The number of carbonyl (C=O) groups is 1.